The quantitative estimate of drug-likeness (QED) is 0.530. The highest BCUT2D eigenvalue weighted by molar-refractivity contribution is 6.02. The van der Waals surface area contributed by atoms with Crippen LogP contribution in [0, 0.1) is 0 Å². The van der Waals surface area contributed by atoms with Crippen LogP contribution in [0.25, 0.3) is 5.82 Å². The third-order valence-electron chi connectivity index (χ3n) is 5.05. The third-order valence-corrected chi connectivity index (χ3v) is 5.05. The van der Waals surface area contributed by atoms with Gasteiger partial charge in [0.25, 0.3) is 11.5 Å². The van der Waals surface area contributed by atoms with Crippen LogP contribution in [0.15, 0.2) is 34.6 Å². The van der Waals surface area contributed by atoms with Crippen molar-refractivity contribution >= 4 is 24.2 Å². The van der Waals surface area contributed by atoms with E-state index in [4.69, 9.17) is 0 Å². The van der Waals surface area contributed by atoms with Gasteiger partial charge in [-0.25, -0.2) is 24.1 Å². The number of amides is 4. The molecule has 0 spiro atoms. The van der Waals surface area contributed by atoms with Crippen molar-refractivity contribution in [2.75, 3.05) is 27.2 Å². The van der Waals surface area contributed by atoms with Crippen molar-refractivity contribution < 1.29 is 14.4 Å². The number of hydrogen-bond donors (Lipinski definition) is 1. The Morgan fingerprint density at radius 1 is 1.19 bits per heavy atom. The van der Waals surface area contributed by atoms with Gasteiger partial charge in [-0.15, -0.1) is 5.10 Å². The Labute approximate surface area is 175 Å². The molecule has 2 aliphatic rings. The molecule has 1 fully saturated rings. The minimum absolute atomic E-state index is 0.117. The third kappa shape index (κ3) is 3.74. The van der Waals surface area contributed by atoms with Gasteiger partial charge >= 0.3 is 6.03 Å². The minimum Gasteiger partial charge on any atom is -0.353 e. The lowest BCUT2D eigenvalue weighted by Gasteiger charge is -2.39. The molecular weight excluding hydrogens is 408 g/mol. The van der Waals surface area contributed by atoms with Crippen molar-refractivity contribution in [2.45, 2.75) is 18.8 Å². The second-order valence-electron chi connectivity index (χ2n) is 7.03. The number of imide groups is 1. The summed E-state index contributed by atoms with van der Waals surface area (Å²) in [7, 11) is 2.95. The van der Waals surface area contributed by atoms with Gasteiger partial charge in [-0.1, -0.05) is 0 Å². The summed E-state index contributed by atoms with van der Waals surface area (Å²) >= 11 is 0. The maximum atomic E-state index is 12.5. The molecule has 2 aliphatic heterocycles. The van der Waals surface area contributed by atoms with E-state index in [0.29, 0.717) is 5.82 Å². The Bertz CT molecular complexity index is 1090. The fourth-order valence-corrected chi connectivity index (χ4v) is 3.41. The van der Waals surface area contributed by atoms with Crippen LogP contribution in [0.4, 0.5) is 4.79 Å². The second kappa shape index (κ2) is 7.97. The Morgan fingerprint density at radius 2 is 2.00 bits per heavy atom. The van der Waals surface area contributed by atoms with E-state index in [1.165, 1.54) is 57.3 Å². The molecule has 2 unspecified atom stereocenters. The summed E-state index contributed by atoms with van der Waals surface area (Å²) in [6.07, 6.45) is 3.56. The average molecular weight is 428 g/mol. The number of hydrogen-bond acceptors (Lipinski definition) is 9. The molecule has 1 N–H and O–H groups in total. The Balaban J connectivity index is 1.34. The van der Waals surface area contributed by atoms with Crippen LogP contribution < -0.4 is 10.9 Å². The first kappa shape index (κ1) is 20.2. The predicted octanol–water partition coefficient (Wildman–Crippen LogP) is -2.50. The second-order valence-corrected chi connectivity index (χ2v) is 7.03. The highest BCUT2D eigenvalue weighted by Gasteiger charge is 2.48. The van der Waals surface area contributed by atoms with Crippen LogP contribution in [0.2, 0.25) is 0 Å². The number of rotatable bonds is 6. The van der Waals surface area contributed by atoms with Crippen LogP contribution in [0.5, 0.6) is 0 Å². The van der Waals surface area contributed by atoms with Crippen LogP contribution in [-0.2, 0) is 16.1 Å². The summed E-state index contributed by atoms with van der Waals surface area (Å²) in [4.78, 5) is 60.8. The lowest BCUT2D eigenvalue weighted by Crippen LogP contribution is -2.64. The predicted molar refractivity (Wildman–Crippen MR) is 105 cm³/mol. The highest BCUT2D eigenvalue weighted by Crippen LogP contribution is 2.24. The highest BCUT2D eigenvalue weighted by atomic mass is 16.2. The zero-order chi connectivity index (χ0) is 22.1. The Morgan fingerprint density at radius 3 is 2.74 bits per heavy atom. The maximum absolute atomic E-state index is 12.5. The number of carbonyl (C=O) groups excluding carboxylic acids is 3. The summed E-state index contributed by atoms with van der Waals surface area (Å²) < 4.78 is 2.63. The molecule has 0 bridgehead atoms. The van der Waals surface area contributed by atoms with Crippen LogP contribution in [0.1, 0.15) is 0 Å². The first-order chi connectivity index (χ1) is 14.9. The lowest BCUT2D eigenvalue weighted by atomic mass is 10.1. The van der Waals surface area contributed by atoms with Crippen molar-refractivity contribution in [3.05, 3.63) is 35.1 Å². The summed E-state index contributed by atoms with van der Waals surface area (Å²) in [5.41, 5.74) is -0.323. The maximum Gasteiger partial charge on any atom is 0.328 e. The fraction of sp³-hybridized carbons (Fsp3) is 0.412. The van der Waals surface area contributed by atoms with Gasteiger partial charge in [0, 0.05) is 26.7 Å². The molecule has 0 aliphatic carbocycles. The molecule has 1 saturated heterocycles. The zero-order valence-corrected chi connectivity index (χ0v) is 16.8. The molecule has 2 aromatic rings. The van der Waals surface area contributed by atoms with Gasteiger partial charge in [-0.2, -0.15) is 5.10 Å². The van der Waals surface area contributed by atoms with Gasteiger partial charge < -0.3 is 15.1 Å². The molecule has 14 heteroatoms. The van der Waals surface area contributed by atoms with Crippen molar-refractivity contribution in [1.82, 2.24) is 44.6 Å². The summed E-state index contributed by atoms with van der Waals surface area (Å²) in [6, 6.07) is 1.69. The van der Waals surface area contributed by atoms with E-state index in [0.717, 1.165) is 4.90 Å². The summed E-state index contributed by atoms with van der Waals surface area (Å²) in [5.74, 6) is -0.358. The number of nitrogens with zero attached hydrogens (tertiary/aromatic N) is 9. The molecular formula is C17H20N10O4. The molecule has 31 heavy (non-hydrogen) atoms. The molecule has 0 radical (unpaired) electrons. The summed E-state index contributed by atoms with van der Waals surface area (Å²) in [6.45, 7) is 0.178. The number of nitrogens with one attached hydrogen (secondary N) is 1. The molecule has 2 atom stereocenters. The monoisotopic (exact) mass is 428 g/mol. The number of likely N-dealkylation sites (N-methyl/N-ethyl adjacent to an activating group) is 2. The SMILES string of the molecule is CN1C(=O)C2C(N=CN2CC(=O)NCCn2nc(-n3cncn3)ccc2=O)N(C)C1=O. The number of aromatic nitrogens is 5. The molecule has 4 heterocycles. The van der Waals surface area contributed by atoms with Gasteiger partial charge in [0.1, 0.15) is 12.7 Å². The smallest absolute Gasteiger partial charge is 0.328 e. The zero-order valence-electron chi connectivity index (χ0n) is 16.8. The normalized spacial score (nSPS) is 20.4. The number of carbonyl (C=O) groups is 3. The van der Waals surface area contributed by atoms with Crippen molar-refractivity contribution in [3.8, 4) is 5.82 Å². The standard InChI is InChI=1S/C17H20N10O4/c1-23-15-14(16(30)24(2)17(23)31)25(10-20-15)7-12(28)19-5-6-26-13(29)4-3-11(22-26)27-9-18-8-21-27/h3-4,8-10,14-15H,5-7H2,1-2H3,(H,19,28). The first-order valence-corrected chi connectivity index (χ1v) is 9.40. The van der Waals surface area contributed by atoms with Gasteiger partial charge in [0.05, 0.1) is 19.4 Å². The van der Waals surface area contributed by atoms with E-state index >= 15 is 0 Å². The van der Waals surface area contributed by atoms with E-state index in [-0.39, 0.29) is 31.1 Å². The van der Waals surface area contributed by atoms with Crippen LogP contribution >= 0.6 is 0 Å². The van der Waals surface area contributed by atoms with E-state index in [1.54, 1.807) is 7.05 Å². The van der Waals surface area contributed by atoms with E-state index < -0.39 is 24.1 Å². The Hall–Kier alpha value is -4.10. The van der Waals surface area contributed by atoms with Crippen LogP contribution in [0.3, 0.4) is 0 Å². The summed E-state index contributed by atoms with van der Waals surface area (Å²) in [5, 5.41) is 10.9. The van der Waals surface area contributed by atoms with Gasteiger partial charge in [0.15, 0.2) is 18.0 Å². The number of urea groups is 1. The first-order valence-electron chi connectivity index (χ1n) is 9.40. The Kier molecular flexibility index (Phi) is 5.19. The van der Waals surface area contributed by atoms with Gasteiger partial charge in [-0.3, -0.25) is 19.3 Å². The molecule has 4 amide bonds. The van der Waals surface area contributed by atoms with Crippen molar-refractivity contribution in [2.24, 2.45) is 4.99 Å². The largest absolute Gasteiger partial charge is 0.353 e. The van der Waals surface area contributed by atoms with Gasteiger partial charge in [-0.05, 0) is 6.07 Å². The molecule has 14 nitrogen and oxygen atoms in total. The van der Waals surface area contributed by atoms with E-state index in [2.05, 4.69) is 25.5 Å². The number of fused-ring (bicyclic) bond motifs is 1. The van der Waals surface area contributed by atoms with Gasteiger partial charge in [0.2, 0.25) is 5.91 Å². The molecule has 0 aromatic carbocycles. The lowest BCUT2D eigenvalue weighted by molar-refractivity contribution is -0.136. The molecule has 2 aromatic heterocycles. The van der Waals surface area contributed by atoms with Crippen molar-refractivity contribution in [1.29, 1.82) is 0 Å². The molecule has 162 valence electrons. The number of aliphatic imine (C=N–C) groups is 1. The topological polar surface area (TPSA) is 151 Å². The van der Waals surface area contributed by atoms with E-state index in [9.17, 15) is 19.2 Å². The molecule has 0 saturated carbocycles. The van der Waals surface area contributed by atoms with Crippen LogP contribution in [-0.4, -0.2) is 103 Å². The van der Waals surface area contributed by atoms with Crippen molar-refractivity contribution in [3.63, 3.8) is 0 Å². The molecule has 4 rings (SSSR count). The minimum atomic E-state index is -0.748. The average Bonchev–Trinajstić information content (AvgIpc) is 3.42. The van der Waals surface area contributed by atoms with E-state index in [1.807, 2.05) is 0 Å². The fourth-order valence-electron chi connectivity index (χ4n) is 3.41.